The van der Waals surface area contributed by atoms with Crippen LogP contribution < -0.4 is 0 Å². The van der Waals surface area contributed by atoms with E-state index in [2.05, 4.69) is 19.9 Å². The Morgan fingerprint density at radius 1 is 0.857 bits per heavy atom. The first-order valence-corrected chi connectivity index (χ1v) is 9.49. The summed E-state index contributed by atoms with van der Waals surface area (Å²) < 4.78 is 0. The normalized spacial score (nSPS) is 56.0. The van der Waals surface area contributed by atoms with E-state index in [-0.39, 0.29) is 1.43 Å². The number of hydrogen-bond acceptors (Lipinski definition) is 1. The molecule has 0 N–H and O–H groups in total. The fraction of sp³-hybridized carbons (Fsp3) is 0.950. The highest BCUT2D eigenvalue weighted by Gasteiger charge is 2.59. The Bertz CT molecular complexity index is 469. The van der Waals surface area contributed by atoms with E-state index in [0.29, 0.717) is 16.7 Å². The fourth-order valence-corrected chi connectivity index (χ4v) is 7.51. The van der Waals surface area contributed by atoms with Crippen molar-refractivity contribution in [2.75, 3.05) is 0 Å². The third kappa shape index (κ3) is 1.80. The lowest BCUT2D eigenvalue weighted by atomic mass is 9.45. The summed E-state index contributed by atoms with van der Waals surface area (Å²) in [5, 5.41) is 9.55. The predicted octanol–water partition coefficient (Wildman–Crippen LogP) is 5.80. The SMILES string of the molecule is CC12CCC3C(CCC4CCCCC43C)C1CCC2C#N.[HH]. The molecular weight excluding hydrogens is 254 g/mol. The Balaban J connectivity index is 0.00000144. The lowest BCUT2D eigenvalue weighted by molar-refractivity contribution is -0.107. The van der Waals surface area contributed by atoms with Crippen molar-refractivity contribution in [2.24, 2.45) is 40.4 Å². The molecule has 4 rings (SSSR count). The molecule has 0 amide bonds. The molecule has 118 valence electrons. The monoisotopic (exact) mass is 287 g/mol. The summed E-state index contributed by atoms with van der Waals surface area (Å²) in [5.41, 5.74) is 1.00. The molecule has 0 radical (unpaired) electrons. The molecule has 0 aromatic rings. The maximum absolute atomic E-state index is 9.55. The summed E-state index contributed by atoms with van der Waals surface area (Å²) in [5.74, 6) is 4.15. The van der Waals surface area contributed by atoms with E-state index in [9.17, 15) is 5.26 Å². The van der Waals surface area contributed by atoms with Gasteiger partial charge in [0.15, 0.2) is 0 Å². The molecule has 7 atom stereocenters. The molecule has 0 bridgehead atoms. The molecule has 4 aliphatic carbocycles. The summed E-state index contributed by atoms with van der Waals surface area (Å²) in [7, 11) is 0. The Morgan fingerprint density at radius 2 is 1.67 bits per heavy atom. The molecule has 1 nitrogen and oxygen atoms in total. The number of fused-ring (bicyclic) bond motifs is 5. The Kier molecular flexibility index (Phi) is 3.18. The Labute approximate surface area is 132 Å². The Morgan fingerprint density at radius 3 is 2.48 bits per heavy atom. The van der Waals surface area contributed by atoms with E-state index in [1.807, 2.05) is 0 Å². The van der Waals surface area contributed by atoms with Crippen LogP contribution in [0.4, 0.5) is 0 Å². The van der Waals surface area contributed by atoms with Crippen molar-refractivity contribution in [1.29, 1.82) is 5.26 Å². The molecule has 0 aromatic heterocycles. The van der Waals surface area contributed by atoms with Crippen LogP contribution in [0.15, 0.2) is 0 Å². The van der Waals surface area contributed by atoms with Crippen LogP contribution in [0.5, 0.6) is 0 Å². The molecular formula is C20H33N. The van der Waals surface area contributed by atoms with Gasteiger partial charge < -0.3 is 0 Å². The summed E-state index contributed by atoms with van der Waals surface area (Å²) in [6.45, 7) is 5.11. The van der Waals surface area contributed by atoms with Gasteiger partial charge in [0.1, 0.15) is 0 Å². The molecule has 0 aromatic carbocycles. The van der Waals surface area contributed by atoms with Crippen LogP contribution in [0.1, 0.15) is 79.5 Å². The fourth-order valence-electron chi connectivity index (χ4n) is 7.51. The zero-order valence-corrected chi connectivity index (χ0v) is 13.9. The third-order valence-corrected chi connectivity index (χ3v) is 8.74. The lowest BCUT2D eigenvalue weighted by Gasteiger charge is -2.60. The summed E-state index contributed by atoms with van der Waals surface area (Å²) in [6.07, 6.45) is 14.2. The topological polar surface area (TPSA) is 23.8 Å². The maximum Gasteiger partial charge on any atom is 0.0661 e. The van der Waals surface area contributed by atoms with E-state index in [0.717, 1.165) is 23.7 Å². The van der Waals surface area contributed by atoms with Gasteiger partial charge in [0.25, 0.3) is 0 Å². The molecule has 0 saturated heterocycles. The standard InChI is InChI=1S/C20H31N.H2/c1-19-11-4-3-5-14(19)6-8-16-17-9-7-15(13-21)20(17,2)12-10-18(16)19;/h14-18H,3-12H2,1-2H3;1H. The minimum Gasteiger partial charge on any atom is -0.198 e. The van der Waals surface area contributed by atoms with Crippen LogP contribution in [0.2, 0.25) is 0 Å². The van der Waals surface area contributed by atoms with Crippen molar-refractivity contribution in [3.8, 4) is 6.07 Å². The average molecular weight is 287 g/mol. The molecule has 4 saturated carbocycles. The highest BCUT2D eigenvalue weighted by Crippen LogP contribution is 2.67. The molecule has 0 heterocycles. The Hall–Kier alpha value is -0.510. The molecule has 21 heavy (non-hydrogen) atoms. The maximum atomic E-state index is 9.55. The largest absolute Gasteiger partial charge is 0.198 e. The first-order chi connectivity index (χ1) is 10.1. The second-order valence-electron chi connectivity index (χ2n) is 9.21. The van der Waals surface area contributed by atoms with Crippen LogP contribution in [-0.4, -0.2) is 0 Å². The lowest BCUT2D eigenvalue weighted by Crippen LogP contribution is -2.52. The van der Waals surface area contributed by atoms with Crippen molar-refractivity contribution in [3.63, 3.8) is 0 Å². The first kappa shape index (κ1) is 14.1. The summed E-state index contributed by atoms with van der Waals surface area (Å²) in [6, 6.07) is 2.66. The van der Waals surface area contributed by atoms with E-state index < -0.39 is 0 Å². The van der Waals surface area contributed by atoms with Crippen molar-refractivity contribution in [2.45, 2.75) is 78.1 Å². The van der Waals surface area contributed by atoms with Crippen molar-refractivity contribution in [1.82, 2.24) is 0 Å². The molecule has 1 heteroatoms. The zero-order valence-electron chi connectivity index (χ0n) is 13.9. The van der Waals surface area contributed by atoms with Crippen molar-refractivity contribution < 1.29 is 1.43 Å². The molecule has 0 spiro atoms. The quantitative estimate of drug-likeness (QED) is 0.552. The van der Waals surface area contributed by atoms with Gasteiger partial charge in [-0.3, -0.25) is 0 Å². The van der Waals surface area contributed by atoms with Gasteiger partial charge in [0.2, 0.25) is 0 Å². The molecule has 4 aliphatic rings. The highest BCUT2D eigenvalue weighted by molar-refractivity contribution is 5.12. The van der Waals surface area contributed by atoms with Crippen LogP contribution in [0, 0.1) is 51.8 Å². The molecule has 4 fully saturated rings. The van der Waals surface area contributed by atoms with Gasteiger partial charge >= 0.3 is 0 Å². The van der Waals surface area contributed by atoms with Crippen LogP contribution in [0.25, 0.3) is 0 Å². The zero-order chi connectivity index (χ0) is 14.7. The van der Waals surface area contributed by atoms with Crippen molar-refractivity contribution >= 4 is 0 Å². The third-order valence-electron chi connectivity index (χ3n) is 8.74. The predicted molar refractivity (Wildman–Crippen MR) is 87.6 cm³/mol. The number of nitriles is 1. The number of hydrogen-bond donors (Lipinski definition) is 0. The van der Waals surface area contributed by atoms with Gasteiger partial charge in [-0.05, 0) is 85.9 Å². The smallest absolute Gasteiger partial charge is 0.0661 e. The van der Waals surface area contributed by atoms with Gasteiger partial charge in [-0.2, -0.15) is 5.26 Å². The van der Waals surface area contributed by atoms with Crippen LogP contribution in [0.3, 0.4) is 0 Å². The van der Waals surface area contributed by atoms with E-state index in [4.69, 9.17) is 0 Å². The van der Waals surface area contributed by atoms with Gasteiger partial charge in [-0.1, -0.05) is 26.7 Å². The highest BCUT2D eigenvalue weighted by atomic mass is 14.6. The van der Waals surface area contributed by atoms with Crippen molar-refractivity contribution in [3.05, 3.63) is 0 Å². The average Bonchev–Trinajstić information content (AvgIpc) is 2.83. The summed E-state index contributed by atoms with van der Waals surface area (Å²) >= 11 is 0. The molecule has 7 unspecified atom stereocenters. The summed E-state index contributed by atoms with van der Waals surface area (Å²) in [4.78, 5) is 0. The number of rotatable bonds is 0. The van der Waals surface area contributed by atoms with E-state index >= 15 is 0 Å². The second kappa shape index (κ2) is 4.74. The van der Waals surface area contributed by atoms with Gasteiger partial charge in [-0.15, -0.1) is 0 Å². The molecule has 0 aliphatic heterocycles. The second-order valence-corrected chi connectivity index (χ2v) is 9.21. The van der Waals surface area contributed by atoms with E-state index in [1.165, 1.54) is 64.2 Å². The number of nitrogens with zero attached hydrogens (tertiary/aromatic N) is 1. The first-order valence-electron chi connectivity index (χ1n) is 9.49. The minimum atomic E-state index is 0. The van der Waals surface area contributed by atoms with Gasteiger partial charge in [0.05, 0.1) is 12.0 Å². The van der Waals surface area contributed by atoms with Crippen LogP contribution in [-0.2, 0) is 0 Å². The van der Waals surface area contributed by atoms with E-state index in [1.54, 1.807) is 0 Å². The van der Waals surface area contributed by atoms with Crippen LogP contribution >= 0.6 is 0 Å². The van der Waals surface area contributed by atoms with Gasteiger partial charge in [0, 0.05) is 1.43 Å². The van der Waals surface area contributed by atoms with Gasteiger partial charge in [-0.25, -0.2) is 0 Å². The minimum absolute atomic E-state index is 0.